The zero-order chi connectivity index (χ0) is 15.1. The molecule has 0 aliphatic carbocycles. The van der Waals surface area contributed by atoms with Crippen LogP contribution in [0.5, 0.6) is 0 Å². The van der Waals surface area contributed by atoms with Gasteiger partial charge in [-0.25, -0.2) is 4.98 Å². The lowest BCUT2D eigenvalue weighted by Gasteiger charge is -2.08. The Morgan fingerprint density at radius 1 is 1.18 bits per heavy atom. The van der Waals surface area contributed by atoms with Crippen molar-refractivity contribution in [2.45, 2.75) is 13.8 Å². The van der Waals surface area contributed by atoms with Crippen LogP contribution in [0.3, 0.4) is 0 Å². The summed E-state index contributed by atoms with van der Waals surface area (Å²) in [6, 6.07) is 12.7. The van der Waals surface area contributed by atoms with Crippen molar-refractivity contribution in [1.82, 2.24) is 9.38 Å². The van der Waals surface area contributed by atoms with Crippen LogP contribution in [0, 0.1) is 6.92 Å². The number of rotatable bonds is 3. The van der Waals surface area contributed by atoms with Crippen LogP contribution in [-0.2, 0) is 0 Å². The summed E-state index contributed by atoms with van der Waals surface area (Å²) in [6.07, 6.45) is 2.11. The molecule has 0 radical (unpaired) electrons. The van der Waals surface area contributed by atoms with E-state index in [0.717, 1.165) is 23.7 Å². The monoisotopic (exact) mass is 307 g/mol. The summed E-state index contributed by atoms with van der Waals surface area (Å²) in [5.41, 5.74) is 4.48. The van der Waals surface area contributed by atoms with E-state index >= 15 is 0 Å². The van der Waals surface area contributed by atoms with Crippen LogP contribution in [0.4, 0.5) is 5.82 Å². The van der Waals surface area contributed by atoms with Gasteiger partial charge in [-0.3, -0.25) is 4.40 Å². The molecule has 0 amide bonds. The second-order valence-electron chi connectivity index (χ2n) is 5.36. The van der Waals surface area contributed by atoms with E-state index in [1.54, 1.807) is 11.3 Å². The number of anilines is 1. The van der Waals surface area contributed by atoms with E-state index in [2.05, 4.69) is 71.5 Å². The zero-order valence-electron chi connectivity index (χ0n) is 12.6. The first-order chi connectivity index (χ1) is 10.8. The number of hydrogen-bond donors (Lipinski definition) is 1. The molecule has 0 saturated carbocycles. The molecule has 0 aliphatic heterocycles. The minimum absolute atomic E-state index is 0.869. The van der Waals surface area contributed by atoms with Crippen LogP contribution in [0.25, 0.3) is 27.0 Å². The summed E-state index contributed by atoms with van der Waals surface area (Å²) in [4.78, 5) is 4.97. The summed E-state index contributed by atoms with van der Waals surface area (Å²) in [5.74, 6) is 1.07. The Morgan fingerprint density at radius 2 is 2.05 bits per heavy atom. The zero-order valence-corrected chi connectivity index (χ0v) is 13.4. The highest BCUT2D eigenvalue weighted by atomic mass is 32.1. The van der Waals surface area contributed by atoms with Crippen LogP contribution >= 0.6 is 11.3 Å². The number of hydrogen-bond acceptors (Lipinski definition) is 3. The van der Waals surface area contributed by atoms with Crippen molar-refractivity contribution >= 4 is 32.9 Å². The SMILES string of the molecule is CCNc1c(-c2ccccc2C)nc2c3ccsc3ccn12. The molecule has 0 aliphatic rings. The second kappa shape index (κ2) is 5.14. The number of nitrogens with zero attached hydrogens (tertiary/aromatic N) is 2. The predicted octanol–water partition coefficient (Wildman–Crippen LogP) is 4.96. The van der Waals surface area contributed by atoms with Crippen molar-refractivity contribution < 1.29 is 0 Å². The maximum absolute atomic E-state index is 4.97. The van der Waals surface area contributed by atoms with Gasteiger partial charge in [-0.1, -0.05) is 24.3 Å². The van der Waals surface area contributed by atoms with Crippen LogP contribution in [-0.4, -0.2) is 15.9 Å². The van der Waals surface area contributed by atoms with Crippen molar-refractivity contribution in [1.29, 1.82) is 0 Å². The molecular weight excluding hydrogens is 290 g/mol. The molecule has 4 heteroatoms. The number of aryl methyl sites for hydroxylation is 1. The number of thiophene rings is 1. The lowest BCUT2D eigenvalue weighted by atomic mass is 10.1. The van der Waals surface area contributed by atoms with Gasteiger partial charge in [0.15, 0.2) is 0 Å². The van der Waals surface area contributed by atoms with Gasteiger partial charge >= 0.3 is 0 Å². The topological polar surface area (TPSA) is 29.3 Å². The number of benzene rings is 1. The van der Waals surface area contributed by atoms with Crippen LogP contribution < -0.4 is 5.32 Å². The van der Waals surface area contributed by atoms with Gasteiger partial charge in [-0.2, -0.15) is 0 Å². The molecule has 4 rings (SSSR count). The summed E-state index contributed by atoms with van der Waals surface area (Å²) < 4.78 is 3.44. The molecular formula is C18H17N3S. The molecule has 110 valence electrons. The Morgan fingerprint density at radius 3 is 2.86 bits per heavy atom. The van der Waals surface area contributed by atoms with Gasteiger partial charge in [-0.05, 0) is 36.9 Å². The Labute approximate surface area is 133 Å². The summed E-state index contributed by atoms with van der Waals surface area (Å²) in [5, 5.41) is 6.82. The van der Waals surface area contributed by atoms with E-state index in [-0.39, 0.29) is 0 Å². The molecule has 22 heavy (non-hydrogen) atoms. The first-order valence-electron chi connectivity index (χ1n) is 7.47. The van der Waals surface area contributed by atoms with Gasteiger partial charge in [0.2, 0.25) is 0 Å². The minimum atomic E-state index is 0.869. The van der Waals surface area contributed by atoms with Crippen molar-refractivity contribution in [2.75, 3.05) is 11.9 Å². The molecule has 0 bridgehead atoms. The summed E-state index contributed by atoms with van der Waals surface area (Å²) in [6.45, 7) is 5.12. The van der Waals surface area contributed by atoms with E-state index in [1.165, 1.54) is 21.2 Å². The number of nitrogens with one attached hydrogen (secondary N) is 1. The molecule has 1 N–H and O–H groups in total. The van der Waals surface area contributed by atoms with Crippen molar-refractivity contribution in [2.24, 2.45) is 0 Å². The highest BCUT2D eigenvalue weighted by Gasteiger charge is 2.16. The number of pyridine rings is 1. The average molecular weight is 307 g/mol. The van der Waals surface area contributed by atoms with Crippen molar-refractivity contribution in [3.63, 3.8) is 0 Å². The van der Waals surface area contributed by atoms with Gasteiger partial charge in [-0.15, -0.1) is 11.3 Å². The normalized spacial score (nSPS) is 11.4. The van der Waals surface area contributed by atoms with Gasteiger partial charge in [0.1, 0.15) is 17.2 Å². The number of imidazole rings is 1. The lowest BCUT2D eigenvalue weighted by molar-refractivity contribution is 1.12. The Hall–Kier alpha value is -2.33. The van der Waals surface area contributed by atoms with E-state index in [1.807, 2.05) is 0 Å². The molecule has 0 fully saturated rings. The van der Waals surface area contributed by atoms with E-state index in [9.17, 15) is 0 Å². The maximum atomic E-state index is 4.97. The van der Waals surface area contributed by atoms with Gasteiger partial charge in [0, 0.05) is 28.4 Å². The largest absolute Gasteiger partial charge is 0.370 e. The quantitative estimate of drug-likeness (QED) is 0.580. The number of fused-ring (bicyclic) bond motifs is 3. The molecule has 3 nitrogen and oxygen atoms in total. The predicted molar refractivity (Wildman–Crippen MR) is 94.9 cm³/mol. The molecule has 0 saturated heterocycles. The standard InChI is InChI=1S/C18H17N3S/c1-3-19-18-16(13-7-5-4-6-12(13)2)20-17-14-9-11-22-15(14)8-10-21(17)18/h4-11,19H,3H2,1-2H3. The lowest BCUT2D eigenvalue weighted by Crippen LogP contribution is -2.01. The summed E-state index contributed by atoms with van der Waals surface area (Å²) >= 11 is 1.76. The van der Waals surface area contributed by atoms with Crippen molar-refractivity contribution in [3.05, 3.63) is 53.5 Å². The van der Waals surface area contributed by atoms with Crippen LogP contribution in [0.1, 0.15) is 12.5 Å². The minimum Gasteiger partial charge on any atom is -0.370 e. The third kappa shape index (κ3) is 1.91. The maximum Gasteiger partial charge on any atom is 0.147 e. The highest BCUT2D eigenvalue weighted by molar-refractivity contribution is 7.17. The van der Waals surface area contributed by atoms with E-state index in [4.69, 9.17) is 4.98 Å². The first kappa shape index (κ1) is 13.3. The fraction of sp³-hybridized carbons (Fsp3) is 0.167. The smallest absolute Gasteiger partial charge is 0.147 e. The van der Waals surface area contributed by atoms with Gasteiger partial charge < -0.3 is 5.32 Å². The molecule has 0 unspecified atom stereocenters. The van der Waals surface area contributed by atoms with E-state index in [0.29, 0.717) is 0 Å². The fourth-order valence-electron chi connectivity index (χ4n) is 2.91. The molecule has 0 atom stereocenters. The fourth-order valence-corrected chi connectivity index (χ4v) is 3.68. The van der Waals surface area contributed by atoms with Gasteiger partial charge in [0.25, 0.3) is 0 Å². The highest BCUT2D eigenvalue weighted by Crippen LogP contribution is 2.34. The van der Waals surface area contributed by atoms with Crippen LogP contribution in [0.15, 0.2) is 48.0 Å². The molecule has 0 spiro atoms. The van der Waals surface area contributed by atoms with Crippen LogP contribution in [0.2, 0.25) is 0 Å². The third-order valence-electron chi connectivity index (χ3n) is 3.97. The van der Waals surface area contributed by atoms with Gasteiger partial charge in [0.05, 0.1) is 0 Å². The first-order valence-corrected chi connectivity index (χ1v) is 8.35. The summed E-state index contributed by atoms with van der Waals surface area (Å²) in [7, 11) is 0. The Bertz CT molecular complexity index is 965. The van der Waals surface area contributed by atoms with E-state index < -0.39 is 0 Å². The average Bonchev–Trinajstić information content (AvgIpc) is 3.12. The second-order valence-corrected chi connectivity index (χ2v) is 6.31. The Balaban J connectivity index is 2.09. The molecule has 4 aromatic rings. The molecule has 3 heterocycles. The molecule has 1 aromatic carbocycles. The third-order valence-corrected chi connectivity index (χ3v) is 4.85. The molecule has 3 aromatic heterocycles. The Kier molecular flexibility index (Phi) is 3.12. The van der Waals surface area contributed by atoms with Crippen molar-refractivity contribution in [3.8, 4) is 11.3 Å². The number of aromatic nitrogens is 2.